The first-order valence-corrected chi connectivity index (χ1v) is 7.65. The van der Waals surface area contributed by atoms with Crippen molar-refractivity contribution in [3.8, 4) is 0 Å². The Hall–Kier alpha value is -2.05. The van der Waals surface area contributed by atoms with Crippen molar-refractivity contribution in [2.75, 3.05) is 5.32 Å². The van der Waals surface area contributed by atoms with Gasteiger partial charge in [-0.15, -0.1) is 0 Å². The molecular weight excluding hydrogens is 364 g/mol. The maximum atomic E-state index is 12.1. The molecule has 0 saturated heterocycles. The summed E-state index contributed by atoms with van der Waals surface area (Å²) in [6, 6.07) is 13.9. The summed E-state index contributed by atoms with van der Waals surface area (Å²) in [7, 11) is 0. The number of amides is 1. The largest absolute Gasteiger partial charge is 0.332 e. The fourth-order valence-corrected chi connectivity index (χ4v) is 2.44. The van der Waals surface area contributed by atoms with E-state index in [0.717, 1.165) is 0 Å². The number of carbonyl (C=O) groups excluding carboxylic acids is 2. The van der Waals surface area contributed by atoms with Gasteiger partial charge < -0.3 is 5.32 Å². The Kier molecular flexibility index (Phi) is 5.41. The SMILES string of the molecule is CC(=O)c1ccc(NC(=S)NC(=O)c2ccccc2Br)cc1. The molecule has 22 heavy (non-hydrogen) atoms. The lowest BCUT2D eigenvalue weighted by atomic mass is 10.1. The Morgan fingerprint density at radius 2 is 1.68 bits per heavy atom. The maximum absolute atomic E-state index is 12.1. The molecule has 2 aromatic rings. The molecule has 0 bridgehead atoms. The van der Waals surface area contributed by atoms with Crippen LogP contribution in [0.4, 0.5) is 5.69 Å². The number of carbonyl (C=O) groups is 2. The molecule has 4 nitrogen and oxygen atoms in total. The summed E-state index contributed by atoms with van der Waals surface area (Å²) < 4.78 is 0.695. The first-order valence-electron chi connectivity index (χ1n) is 6.45. The summed E-state index contributed by atoms with van der Waals surface area (Å²) in [6.45, 7) is 1.50. The van der Waals surface area contributed by atoms with Crippen molar-refractivity contribution in [2.24, 2.45) is 0 Å². The highest BCUT2D eigenvalue weighted by molar-refractivity contribution is 9.10. The second kappa shape index (κ2) is 7.29. The number of thiocarbonyl (C=S) groups is 1. The highest BCUT2D eigenvalue weighted by Gasteiger charge is 2.11. The monoisotopic (exact) mass is 376 g/mol. The third-order valence-corrected chi connectivity index (χ3v) is 3.79. The van der Waals surface area contributed by atoms with Crippen molar-refractivity contribution in [2.45, 2.75) is 6.92 Å². The molecule has 0 spiro atoms. The topological polar surface area (TPSA) is 58.2 Å². The molecule has 0 fully saturated rings. The Bertz CT molecular complexity index is 729. The van der Waals surface area contributed by atoms with E-state index >= 15 is 0 Å². The summed E-state index contributed by atoms with van der Waals surface area (Å²) in [4.78, 5) is 23.3. The summed E-state index contributed by atoms with van der Waals surface area (Å²) in [5, 5.41) is 5.70. The van der Waals surface area contributed by atoms with Crippen molar-refractivity contribution in [1.82, 2.24) is 5.32 Å². The Balaban J connectivity index is 1.99. The molecule has 0 aliphatic carbocycles. The van der Waals surface area contributed by atoms with Crippen LogP contribution >= 0.6 is 28.1 Å². The number of hydrogen-bond acceptors (Lipinski definition) is 3. The van der Waals surface area contributed by atoms with Gasteiger partial charge in [-0.05, 0) is 71.5 Å². The predicted molar refractivity (Wildman–Crippen MR) is 94.3 cm³/mol. The zero-order valence-corrected chi connectivity index (χ0v) is 14.1. The van der Waals surface area contributed by atoms with Gasteiger partial charge in [0.05, 0.1) is 5.56 Å². The molecule has 0 aromatic heterocycles. The summed E-state index contributed by atoms with van der Waals surface area (Å²) in [5.74, 6) is -0.304. The van der Waals surface area contributed by atoms with Crippen LogP contribution in [0.25, 0.3) is 0 Å². The zero-order valence-electron chi connectivity index (χ0n) is 11.7. The normalized spacial score (nSPS) is 9.91. The summed E-state index contributed by atoms with van der Waals surface area (Å²) in [6.07, 6.45) is 0. The van der Waals surface area contributed by atoms with Gasteiger partial charge in [0.25, 0.3) is 5.91 Å². The van der Waals surface area contributed by atoms with E-state index < -0.39 is 0 Å². The van der Waals surface area contributed by atoms with E-state index in [9.17, 15) is 9.59 Å². The van der Waals surface area contributed by atoms with E-state index in [4.69, 9.17) is 12.2 Å². The minimum atomic E-state index is -0.301. The van der Waals surface area contributed by atoms with Gasteiger partial charge in [-0.2, -0.15) is 0 Å². The third-order valence-electron chi connectivity index (χ3n) is 2.89. The van der Waals surface area contributed by atoms with Crippen LogP contribution in [0.5, 0.6) is 0 Å². The van der Waals surface area contributed by atoms with Gasteiger partial charge in [-0.1, -0.05) is 12.1 Å². The first-order chi connectivity index (χ1) is 10.5. The molecule has 2 rings (SSSR count). The van der Waals surface area contributed by atoms with E-state index in [1.54, 1.807) is 42.5 Å². The number of rotatable bonds is 3. The quantitative estimate of drug-likeness (QED) is 0.632. The van der Waals surface area contributed by atoms with Crippen LogP contribution in [0.1, 0.15) is 27.6 Å². The van der Waals surface area contributed by atoms with Crippen LogP contribution in [0, 0.1) is 0 Å². The van der Waals surface area contributed by atoms with E-state index in [1.165, 1.54) is 6.92 Å². The van der Waals surface area contributed by atoms with Crippen LogP contribution in [0.3, 0.4) is 0 Å². The highest BCUT2D eigenvalue weighted by atomic mass is 79.9. The number of halogens is 1. The number of ketones is 1. The van der Waals surface area contributed by atoms with Crippen molar-refractivity contribution in [1.29, 1.82) is 0 Å². The average Bonchev–Trinajstić information content (AvgIpc) is 2.48. The van der Waals surface area contributed by atoms with Crippen LogP contribution in [-0.2, 0) is 0 Å². The second-order valence-corrected chi connectivity index (χ2v) is 5.78. The van der Waals surface area contributed by atoms with E-state index in [-0.39, 0.29) is 16.8 Å². The minimum absolute atomic E-state index is 0.00337. The molecule has 112 valence electrons. The number of hydrogen-bond donors (Lipinski definition) is 2. The molecule has 0 aliphatic rings. The number of Topliss-reactive ketones (excluding diaryl/α,β-unsaturated/α-hetero) is 1. The lowest BCUT2D eigenvalue weighted by Gasteiger charge is -2.10. The summed E-state index contributed by atoms with van der Waals surface area (Å²) >= 11 is 8.43. The van der Waals surface area contributed by atoms with Crippen molar-refractivity contribution in [3.05, 3.63) is 64.1 Å². The van der Waals surface area contributed by atoms with Gasteiger partial charge >= 0.3 is 0 Å². The Morgan fingerprint density at radius 1 is 1.05 bits per heavy atom. The van der Waals surface area contributed by atoms with Gasteiger partial charge in [0.15, 0.2) is 10.9 Å². The van der Waals surface area contributed by atoms with Crippen molar-refractivity contribution in [3.63, 3.8) is 0 Å². The average molecular weight is 377 g/mol. The van der Waals surface area contributed by atoms with Crippen LogP contribution < -0.4 is 10.6 Å². The van der Waals surface area contributed by atoms with E-state index in [0.29, 0.717) is 21.3 Å². The molecule has 0 radical (unpaired) electrons. The molecule has 2 aromatic carbocycles. The molecule has 0 aliphatic heterocycles. The van der Waals surface area contributed by atoms with Crippen LogP contribution in [-0.4, -0.2) is 16.8 Å². The number of anilines is 1. The van der Waals surface area contributed by atoms with Gasteiger partial charge in [-0.3, -0.25) is 14.9 Å². The standard InChI is InChI=1S/C16H13BrN2O2S/c1-10(20)11-6-8-12(9-7-11)18-16(22)19-15(21)13-4-2-3-5-14(13)17/h2-9H,1H3,(H2,18,19,21,22). The lowest BCUT2D eigenvalue weighted by molar-refractivity contribution is 0.0975. The molecular formula is C16H13BrN2O2S. The number of nitrogens with one attached hydrogen (secondary N) is 2. The van der Waals surface area contributed by atoms with Crippen molar-refractivity contribution < 1.29 is 9.59 Å². The fourth-order valence-electron chi connectivity index (χ4n) is 1.77. The summed E-state index contributed by atoms with van der Waals surface area (Å²) in [5.41, 5.74) is 1.81. The second-order valence-electron chi connectivity index (χ2n) is 4.52. The molecule has 6 heteroatoms. The molecule has 0 unspecified atom stereocenters. The van der Waals surface area contributed by atoms with E-state index in [1.807, 2.05) is 6.07 Å². The smallest absolute Gasteiger partial charge is 0.258 e. The number of benzene rings is 2. The maximum Gasteiger partial charge on any atom is 0.258 e. The lowest BCUT2D eigenvalue weighted by Crippen LogP contribution is -2.34. The van der Waals surface area contributed by atoms with E-state index in [2.05, 4.69) is 26.6 Å². The zero-order chi connectivity index (χ0) is 16.1. The van der Waals surface area contributed by atoms with Gasteiger partial charge in [-0.25, -0.2) is 0 Å². The van der Waals surface area contributed by atoms with Crippen LogP contribution in [0.15, 0.2) is 53.0 Å². The Morgan fingerprint density at radius 3 is 2.27 bits per heavy atom. The van der Waals surface area contributed by atoms with Crippen molar-refractivity contribution >= 4 is 50.6 Å². The fraction of sp³-hybridized carbons (Fsp3) is 0.0625. The van der Waals surface area contributed by atoms with Gasteiger partial charge in [0.1, 0.15) is 0 Å². The third kappa shape index (κ3) is 4.22. The predicted octanol–water partition coefficient (Wildman–Crippen LogP) is 3.78. The van der Waals surface area contributed by atoms with Gasteiger partial charge in [0.2, 0.25) is 0 Å². The minimum Gasteiger partial charge on any atom is -0.332 e. The molecule has 0 saturated carbocycles. The Labute approximate surface area is 142 Å². The molecule has 2 N–H and O–H groups in total. The molecule has 1 amide bonds. The first kappa shape index (κ1) is 16.3. The highest BCUT2D eigenvalue weighted by Crippen LogP contribution is 2.15. The molecule has 0 atom stereocenters. The van der Waals surface area contributed by atoms with Gasteiger partial charge in [0, 0.05) is 15.7 Å². The molecule has 0 heterocycles. The van der Waals surface area contributed by atoms with Crippen LogP contribution in [0.2, 0.25) is 0 Å².